The van der Waals surface area contributed by atoms with E-state index in [1.165, 1.54) is 12.8 Å². The van der Waals surface area contributed by atoms with E-state index in [9.17, 15) is 4.79 Å². The predicted molar refractivity (Wildman–Crippen MR) is 131 cm³/mol. The van der Waals surface area contributed by atoms with Crippen molar-refractivity contribution in [2.45, 2.75) is 50.1 Å². The van der Waals surface area contributed by atoms with Gasteiger partial charge in [0, 0.05) is 12.6 Å². The molecule has 1 atom stereocenters. The van der Waals surface area contributed by atoms with Crippen LogP contribution in [0.4, 0.5) is 11.4 Å². The van der Waals surface area contributed by atoms with Crippen LogP contribution in [0.1, 0.15) is 48.9 Å². The molecule has 2 fully saturated rings. The van der Waals surface area contributed by atoms with Gasteiger partial charge in [0.2, 0.25) is 0 Å². The van der Waals surface area contributed by atoms with Crippen LogP contribution in [0.5, 0.6) is 11.5 Å². The molecule has 2 aliphatic heterocycles. The van der Waals surface area contributed by atoms with Gasteiger partial charge in [-0.3, -0.25) is 9.79 Å². The molecule has 2 N–H and O–H groups in total. The lowest BCUT2D eigenvalue weighted by atomic mass is 9.84. The molecule has 0 unspecified atom stereocenters. The van der Waals surface area contributed by atoms with Gasteiger partial charge < -0.3 is 25.0 Å². The number of carbonyl (C=O) groups excluding carboxylic acids is 1. The Morgan fingerprint density at radius 3 is 2.61 bits per heavy atom. The van der Waals surface area contributed by atoms with Gasteiger partial charge in [0.15, 0.2) is 0 Å². The Morgan fingerprint density at radius 1 is 1.06 bits per heavy atom. The van der Waals surface area contributed by atoms with Crippen LogP contribution in [-0.4, -0.2) is 55.5 Å². The van der Waals surface area contributed by atoms with Gasteiger partial charge in [0.25, 0.3) is 5.91 Å². The number of amidine groups is 1. The number of anilines is 2. The van der Waals surface area contributed by atoms with E-state index in [1.54, 1.807) is 32.4 Å². The topological polar surface area (TPSA) is 75.2 Å². The zero-order chi connectivity index (χ0) is 22.8. The summed E-state index contributed by atoms with van der Waals surface area (Å²) in [6.07, 6.45) is 6.55. The van der Waals surface area contributed by atoms with Crippen molar-refractivity contribution < 1.29 is 14.3 Å². The summed E-state index contributed by atoms with van der Waals surface area (Å²) in [4.78, 5) is 20.7. The van der Waals surface area contributed by atoms with Gasteiger partial charge in [-0.2, -0.15) is 0 Å². The maximum absolute atomic E-state index is 13.6. The van der Waals surface area contributed by atoms with E-state index in [-0.39, 0.29) is 5.91 Å². The van der Waals surface area contributed by atoms with Gasteiger partial charge in [-0.25, -0.2) is 0 Å². The number of ether oxygens (including phenoxy) is 2. The standard InChI is InChI=1S/C26H32N4O3/c1-32-19-12-13-20(23(16-19)33-2)24(31)30-15-7-14-26(17-30)25(27-18-8-3-4-9-18)28-21-10-5-6-11-22(21)29-26/h5-6,10-13,16,18,29H,3-4,7-9,14-15,17H2,1-2H3,(H,27,28)/t26-/m0/s1. The maximum Gasteiger partial charge on any atom is 0.257 e. The van der Waals surface area contributed by atoms with E-state index >= 15 is 0 Å². The molecular formula is C26H32N4O3. The predicted octanol–water partition coefficient (Wildman–Crippen LogP) is 4.56. The summed E-state index contributed by atoms with van der Waals surface area (Å²) < 4.78 is 10.8. The largest absolute Gasteiger partial charge is 0.497 e. The summed E-state index contributed by atoms with van der Waals surface area (Å²) in [5.74, 6) is 2.12. The molecule has 1 saturated carbocycles. The summed E-state index contributed by atoms with van der Waals surface area (Å²) in [6.45, 7) is 1.25. The molecule has 7 heteroatoms. The van der Waals surface area contributed by atoms with Crippen molar-refractivity contribution in [2.24, 2.45) is 4.99 Å². The molecule has 1 aliphatic carbocycles. The number of carbonyl (C=O) groups is 1. The second-order valence-corrected chi connectivity index (χ2v) is 9.19. The number of nitrogens with zero attached hydrogens (tertiary/aromatic N) is 2. The van der Waals surface area contributed by atoms with Crippen molar-refractivity contribution >= 4 is 23.1 Å². The van der Waals surface area contributed by atoms with Gasteiger partial charge in [-0.15, -0.1) is 0 Å². The average molecular weight is 449 g/mol. The van der Waals surface area contributed by atoms with Crippen LogP contribution in [0.15, 0.2) is 47.5 Å². The third-order valence-corrected chi connectivity index (χ3v) is 7.06. The van der Waals surface area contributed by atoms with Crippen LogP contribution < -0.4 is 20.1 Å². The summed E-state index contributed by atoms with van der Waals surface area (Å²) in [6, 6.07) is 13.9. The Bertz CT molecular complexity index is 1060. The van der Waals surface area contributed by atoms with E-state index in [4.69, 9.17) is 14.5 Å². The van der Waals surface area contributed by atoms with E-state index < -0.39 is 5.54 Å². The number of benzene rings is 2. The molecule has 0 bridgehead atoms. The van der Waals surface area contributed by atoms with E-state index in [0.717, 1.165) is 42.9 Å². The van der Waals surface area contributed by atoms with Gasteiger partial charge in [0.05, 0.1) is 43.7 Å². The number of methoxy groups -OCH3 is 2. The highest BCUT2D eigenvalue weighted by Crippen LogP contribution is 2.38. The fourth-order valence-electron chi connectivity index (χ4n) is 5.31. The van der Waals surface area contributed by atoms with Crippen molar-refractivity contribution in [2.75, 3.05) is 37.9 Å². The monoisotopic (exact) mass is 448 g/mol. The molecule has 5 rings (SSSR count). The second kappa shape index (κ2) is 8.96. The quantitative estimate of drug-likeness (QED) is 0.717. The van der Waals surface area contributed by atoms with Gasteiger partial charge >= 0.3 is 0 Å². The van der Waals surface area contributed by atoms with E-state index in [2.05, 4.69) is 22.8 Å². The number of hydrogen-bond donors (Lipinski definition) is 2. The minimum atomic E-state index is -0.426. The Morgan fingerprint density at radius 2 is 1.85 bits per heavy atom. The van der Waals surface area contributed by atoms with Crippen LogP contribution >= 0.6 is 0 Å². The van der Waals surface area contributed by atoms with Crippen LogP contribution in [0.3, 0.4) is 0 Å². The first-order valence-electron chi connectivity index (χ1n) is 11.9. The number of amides is 1. The zero-order valence-electron chi connectivity index (χ0n) is 19.4. The molecule has 0 aromatic heterocycles. The molecule has 7 nitrogen and oxygen atoms in total. The molecule has 1 spiro atoms. The number of rotatable bonds is 4. The van der Waals surface area contributed by atoms with E-state index in [1.807, 2.05) is 17.0 Å². The average Bonchev–Trinajstić information content (AvgIpc) is 3.37. The molecule has 2 aromatic rings. The number of likely N-dealkylation sites (tertiary alicyclic amines) is 1. The van der Waals surface area contributed by atoms with Crippen LogP contribution in [-0.2, 0) is 0 Å². The summed E-state index contributed by atoms with van der Waals surface area (Å²) in [5, 5.41) is 7.41. The van der Waals surface area contributed by atoms with E-state index in [0.29, 0.717) is 36.2 Å². The number of fused-ring (bicyclic) bond motifs is 1. The lowest BCUT2D eigenvalue weighted by Gasteiger charge is -2.47. The van der Waals surface area contributed by atoms with Crippen molar-refractivity contribution in [1.29, 1.82) is 0 Å². The molecule has 0 radical (unpaired) electrons. The highest BCUT2D eigenvalue weighted by molar-refractivity contribution is 6.10. The second-order valence-electron chi connectivity index (χ2n) is 9.19. The van der Waals surface area contributed by atoms with Crippen molar-refractivity contribution in [3.63, 3.8) is 0 Å². The van der Waals surface area contributed by atoms with Crippen molar-refractivity contribution in [3.8, 4) is 11.5 Å². The summed E-state index contributed by atoms with van der Waals surface area (Å²) >= 11 is 0. The number of aliphatic imine (C=N–C) groups is 1. The number of hydrogen-bond acceptors (Lipinski definition) is 5. The third kappa shape index (κ3) is 4.12. The summed E-state index contributed by atoms with van der Waals surface area (Å²) in [7, 11) is 3.19. The number of nitrogens with one attached hydrogen (secondary N) is 2. The van der Waals surface area contributed by atoms with Crippen molar-refractivity contribution in [3.05, 3.63) is 48.0 Å². The Kier molecular flexibility index (Phi) is 5.87. The molecular weight excluding hydrogens is 416 g/mol. The normalized spacial score (nSPS) is 23.7. The number of piperidine rings is 1. The minimum absolute atomic E-state index is 0.0329. The lowest BCUT2D eigenvalue weighted by Crippen LogP contribution is -2.62. The van der Waals surface area contributed by atoms with Gasteiger partial charge in [-0.1, -0.05) is 25.0 Å². The highest BCUT2D eigenvalue weighted by Gasteiger charge is 2.45. The third-order valence-electron chi connectivity index (χ3n) is 7.06. The first kappa shape index (κ1) is 21.6. The Labute approximate surface area is 195 Å². The first-order valence-corrected chi connectivity index (χ1v) is 11.9. The highest BCUT2D eigenvalue weighted by atomic mass is 16.5. The molecule has 2 heterocycles. The lowest BCUT2D eigenvalue weighted by molar-refractivity contribution is 0.0691. The minimum Gasteiger partial charge on any atom is -0.497 e. The molecule has 174 valence electrons. The number of para-hydroxylation sites is 2. The smallest absolute Gasteiger partial charge is 0.257 e. The molecule has 2 aromatic carbocycles. The van der Waals surface area contributed by atoms with Crippen LogP contribution in [0.2, 0.25) is 0 Å². The Balaban J connectivity index is 1.47. The van der Waals surface area contributed by atoms with Crippen LogP contribution in [0, 0.1) is 0 Å². The fraction of sp³-hybridized carbons (Fsp3) is 0.462. The van der Waals surface area contributed by atoms with Crippen molar-refractivity contribution in [1.82, 2.24) is 4.90 Å². The zero-order valence-corrected chi connectivity index (χ0v) is 19.4. The fourth-order valence-corrected chi connectivity index (χ4v) is 5.31. The molecule has 33 heavy (non-hydrogen) atoms. The maximum atomic E-state index is 13.6. The SMILES string of the molecule is COc1ccc(C(=O)N2CCC[C@@]3(C2)Nc2ccccc2NC3=NC2CCCC2)c(OC)c1. The van der Waals surface area contributed by atoms with Gasteiger partial charge in [-0.05, 0) is 49.9 Å². The molecule has 3 aliphatic rings. The molecule has 1 saturated heterocycles. The van der Waals surface area contributed by atoms with Crippen LogP contribution in [0.25, 0.3) is 0 Å². The first-order chi connectivity index (χ1) is 16.1. The molecule has 1 amide bonds. The Hall–Kier alpha value is -3.22. The summed E-state index contributed by atoms with van der Waals surface area (Å²) in [5.41, 5.74) is 2.22. The van der Waals surface area contributed by atoms with Gasteiger partial charge in [0.1, 0.15) is 22.9 Å².